The number of benzene rings is 1. The van der Waals surface area contributed by atoms with E-state index >= 15 is 0 Å². The maximum absolute atomic E-state index is 10.5. The summed E-state index contributed by atoms with van der Waals surface area (Å²) in [6.07, 6.45) is 10.4. The number of rotatable bonds is 10. The fourth-order valence-electron chi connectivity index (χ4n) is 2.75. The van der Waals surface area contributed by atoms with Crippen molar-refractivity contribution in [3.05, 3.63) is 34.0 Å². The van der Waals surface area contributed by atoms with Gasteiger partial charge in [-0.25, -0.2) is 0 Å². The van der Waals surface area contributed by atoms with Gasteiger partial charge in [0, 0.05) is 6.54 Å². The number of unbranched alkanes of at least 4 members (excludes halogenated alkanes) is 7. The first-order valence-corrected chi connectivity index (χ1v) is 9.13. The number of hydrogen-bond acceptors (Lipinski definition) is 3. The molecule has 0 amide bonds. The monoisotopic (exact) mass is 319 g/mol. The van der Waals surface area contributed by atoms with Crippen molar-refractivity contribution in [1.82, 2.24) is 4.57 Å². The van der Waals surface area contributed by atoms with Gasteiger partial charge in [0.25, 0.3) is 0 Å². The van der Waals surface area contributed by atoms with Gasteiger partial charge >= 0.3 is 0 Å². The third-order valence-corrected chi connectivity index (χ3v) is 5.00. The normalized spacial score (nSPS) is 12.1. The van der Waals surface area contributed by atoms with E-state index in [0.717, 1.165) is 23.2 Å². The fraction of sp³-hybridized carbons (Fsp3) is 0.588. The molecule has 0 aliphatic heterocycles. The Morgan fingerprint density at radius 2 is 1.68 bits per heavy atom. The molecule has 0 saturated heterocycles. The summed E-state index contributed by atoms with van der Waals surface area (Å²) in [5.74, 6) is 0. The van der Waals surface area contributed by atoms with Gasteiger partial charge in [-0.2, -0.15) is 0 Å². The van der Waals surface area contributed by atoms with Crippen molar-refractivity contribution in [3.8, 4) is 0 Å². The maximum atomic E-state index is 10.5. The molecule has 2 rings (SSSR count). The van der Waals surface area contributed by atoms with Crippen LogP contribution in [0.4, 0.5) is 0 Å². The Morgan fingerprint density at radius 3 is 2.41 bits per heavy atom. The van der Waals surface area contributed by atoms with Crippen LogP contribution in [0.3, 0.4) is 0 Å². The van der Waals surface area contributed by atoms with Gasteiger partial charge in [-0.15, -0.1) is 4.91 Å². The van der Waals surface area contributed by atoms with Crippen molar-refractivity contribution < 1.29 is 0 Å². The molecule has 120 valence electrons. The lowest BCUT2D eigenvalue weighted by molar-refractivity contribution is 0.544. The Kier molecular flexibility index (Phi) is 7.30. The molecule has 0 N–H and O–H groups in total. The summed E-state index contributed by atoms with van der Waals surface area (Å²) in [6.45, 7) is 3.16. The van der Waals surface area contributed by atoms with Crippen molar-refractivity contribution in [3.63, 3.8) is 0 Å². The van der Waals surface area contributed by atoms with E-state index in [4.69, 9.17) is 0 Å². The van der Waals surface area contributed by atoms with E-state index in [9.17, 15) is 4.91 Å². The Labute approximate surface area is 135 Å². The van der Waals surface area contributed by atoms with Crippen LogP contribution in [0.25, 0.3) is 10.2 Å². The smallest absolute Gasteiger partial charge is 0.215 e. The molecular weight excluding hydrogens is 294 g/mol. The molecule has 0 saturated carbocycles. The van der Waals surface area contributed by atoms with Crippen LogP contribution in [-0.4, -0.2) is 4.57 Å². The molecule has 22 heavy (non-hydrogen) atoms. The average Bonchev–Trinajstić information content (AvgIpc) is 2.88. The Morgan fingerprint density at radius 1 is 1.00 bits per heavy atom. The van der Waals surface area contributed by atoms with Crippen molar-refractivity contribution in [2.75, 3.05) is 0 Å². The van der Waals surface area contributed by atoms with E-state index in [2.05, 4.69) is 34.0 Å². The summed E-state index contributed by atoms with van der Waals surface area (Å²) in [5, 5.41) is 6.46. The van der Waals surface area contributed by atoms with Gasteiger partial charge in [0.05, 0.1) is 15.5 Å². The van der Waals surface area contributed by atoms with Gasteiger partial charge in [-0.1, -0.05) is 80.4 Å². The zero-order valence-electron chi connectivity index (χ0n) is 13.3. The molecule has 0 aliphatic rings. The van der Waals surface area contributed by atoms with Crippen molar-refractivity contribution >= 4 is 21.6 Å². The van der Waals surface area contributed by atoms with E-state index in [0.29, 0.717) is 4.80 Å². The standard InChI is InChI=1S/C17H25N3OS/c1-2-3-4-5-6-7-8-11-14-20-15-12-9-10-13-16(15)22-17(20)18-19-21/h9-10,12-13H,2-8,11,14H2,1H3/b18-17+. The lowest BCUT2D eigenvalue weighted by Gasteiger charge is -2.05. The fourth-order valence-corrected chi connectivity index (χ4v) is 3.75. The first kappa shape index (κ1) is 16.9. The van der Waals surface area contributed by atoms with E-state index < -0.39 is 0 Å². The Bertz CT molecular complexity index is 645. The molecule has 1 aromatic carbocycles. The third-order valence-electron chi connectivity index (χ3n) is 3.95. The Balaban J connectivity index is 1.87. The molecule has 1 aromatic heterocycles. The number of nitrogens with zero attached hydrogens (tertiary/aromatic N) is 3. The van der Waals surface area contributed by atoms with Gasteiger partial charge < -0.3 is 4.57 Å². The molecule has 0 spiro atoms. The number of thiazole rings is 1. The highest BCUT2D eigenvalue weighted by Gasteiger charge is 2.05. The van der Waals surface area contributed by atoms with Crippen LogP contribution in [0.15, 0.2) is 34.7 Å². The molecule has 0 bridgehead atoms. The van der Waals surface area contributed by atoms with E-state index in [1.807, 2.05) is 12.1 Å². The average molecular weight is 319 g/mol. The first-order valence-electron chi connectivity index (χ1n) is 8.31. The Hall–Kier alpha value is -1.49. The largest absolute Gasteiger partial charge is 0.315 e. The molecule has 0 fully saturated rings. The predicted molar refractivity (Wildman–Crippen MR) is 93.8 cm³/mol. The van der Waals surface area contributed by atoms with Crippen LogP contribution in [0.2, 0.25) is 0 Å². The van der Waals surface area contributed by atoms with Crippen LogP contribution in [0, 0.1) is 4.91 Å². The van der Waals surface area contributed by atoms with Crippen LogP contribution < -0.4 is 4.80 Å². The quantitative estimate of drug-likeness (QED) is 0.327. The molecular formula is C17H25N3OS. The predicted octanol–water partition coefficient (Wildman–Crippen LogP) is 5.43. The summed E-state index contributed by atoms with van der Waals surface area (Å²) < 4.78 is 3.28. The summed E-state index contributed by atoms with van der Waals surface area (Å²) in [7, 11) is 0. The molecule has 0 radical (unpaired) electrons. The SMILES string of the molecule is CCCCCCCCCCn1/c(=N\N=O)sc2ccccc21. The van der Waals surface area contributed by atoms with Gasteiger partial charge in [-0.05, 0) is 18.6 Å². The lowest BCUT2D eigenvalue weighted by Crippen LogP contribution is -2.14. The highest BCUT2D eigenvalue weighted by atomic mass is 32.1. The van der Waals surface area contributed by atoms with Crippen LogP contribution in [-0.2, 0) is 6.54 Å². The van der Waals surface area contributed by atoms with Gasteiger partial charge in [0.15, 0.2) is 0 Å². The molecule has 2 aromatic rings. The van der Waals surface area contributed by atoms with Crippen molar-refractivity contribution in [1.29, 1.82) is 0 Å². The maximum Gasteiger partial charge on any atom is 0.215 e. The highest BCUT2D eigenvalue weighted by molar-refractivity contribution is 7.16. The van der Waals surface area contributed by atoms with Crippen molar-refractivity contribution in [2.24, 2.45) is 10.4 Å². The number of hydrogen-bond donors (Lipinski definition) is 0. The van der Waals surface area contributed by atoms with Crippen LogP contribution >= 0.6 is 11.3 Å². The number of nitroso groups, excluding NO2 is 1. The van der Waals surface area contributed by atoms with Crippen LogP contribution in [0.1, 0.15) is 58.3 Å². The minimum absolute atomic E-state index is 0.708. The molecule has 0 atom stereocenters. The minimum Gasteiger partial charge on any atom is -0.315 e. The molecule has 1 heterocycles. The zero-order valence-corrected chi connectivity index (χ0v) is 14.1. The number of aryl methyl sites for hydroxylation is 1. The number of fused-ring (bicyclic) bond motifs is 1. The summed E-state index contributed by atoms with van der Waals surface area (Å²) in [5.41, 5.74) is 1.15. The molecule has 0 aliphatic carbocycles. The first-order chi connectivity index (χ1) is 10.9. The van der Waals surface area contributed by atoms with E-state index in [1.54, 1.807) is 0 Å². The van der Waals surface area contributed by atoms with Crippen molar-refractivity contribution in [2.45, 2.75) is 64.8 Å². The summed E-state index contributed by atoms with van der Waals surface area (Å²) >= 11 is 1.53. The summed E-state index contributed by atoms with van der Waals surface area (Å²) in [4.78, 5) is 11.2. The second-order valence-corrected chi connectivity index (χ2v) is 6.67. The lowest BCUT2D eigenvalue weighted by atomic mass is 10.1. The van der Waals surface area contributed by atoms with E-state index in [1.165, 1.54) is 56.3 Å². The zero-order chi connectivity index (χ0) is 15.6. The summed E-state index contributed by atoms with van der Waals surface area (Å²) in [6, 6.07) is 8.18. The second kappa shape index (κ2) is 9.51. The topological polar surface area (TPSA) is 46.7 Å². The van der Waals surface area contributed by atoms with Gasteiger partial charge in [0.2, 0.25) is 4.80 Å². The molecule has 5 heteroatoms. The molecule has 4 nitrogen and oxygen atoms in total. The highest BCUT2D eigenvalue weighted by Crippen LogP contribution is 2.18. The van der Waals surface area contributed by atoms with E-state index in [-0.39, 0.29) is 0 Å². The molecule has 0 unspecified atom stereocenters. The minimum atomic E-state index is 0.708. The number of para-hydroxylation sites is 1. The van der Waals surface area contributed by atoms with Gasteiger partial charge in [0.1, 0.15) is 0 Å². The number of aromatic nitrogens is 1. The van der Waals surface area contributed by atoms with Gasteiger partial charge in [-0.3, -0.25) is 0 Å². The van der Waals surface area contributed by atoms with Crippen LogP contribution in [0.5, 0.6) is 0 Å². The second-order valence-electron chi connectivity index (χ2n) is 5.66. The third kappa shape index (κ3) is 4.77.